The van der Waals surface area contributed by atoms with Gasteiger partial charge in [-0.15, -0.1) is 0 Å². The molecule has 1 aromatic heterocycles. The van der Waals surface area contributed by atoms with E-state index in [-0.39, 0.29) is 5.91 Å². The van der Waals surface area contributed by atoms with Crippen molar-refractivity contribution in [1.82, 2.24) is 14.8 Å². The molecule has 1 saturated heterocycles. The second-order valence-corrected chi connectivity index (χ2v) is 5.24. The zero-order valence-corrected chi connectivity index (χ0v) is 11.7. The average Bonchev–Trinajstić information content (AvgIpc) is 2.95. The molecule has 4 nitrogen and oxygen atoms in total. The van der Waals surface area contributed by atoms with Crippen LogP contribution in [0.4, 0.5) is 0 Å². The van der Waals surface area contributed by atoms with Crippen LogP contribution in [0, 0.1) is 0 Å². The van der Waals surface area contributed by atoms with Gasteiger partial charge in [-0.25, -0.2) is 0 Å². The molecule has 1 atom stereocenters. The lowest BCUT2D eigenvalue weighted by Gasteiger charge is -2.28. The van der Waals surface area contributed by atoms with Crippen LogP contribution in [0.15, 0.2) is 12.3 Å². The highest BCUT2D eigenvalue weighted by atomic mass is 35.5. The zero-order chi connectivity index (χ0) is 13.1. The summed E-state index contributed by atoms with van der Waals surface area (Å²) in [4.78, 5) is 14.6. The van der Waals surface area contributed by atoms with Gasteiger partial charge in [0, 0.05) is 32.4 Å². The molecule has 2 rings (SSSR count). The summed E-state index contributed by atoms with van der Waals surface area (Å²) < 4.78 is 1.80. The molecule has 0 radical (unpaired) electrons. The molecule has 0 saturated carbocycles. The van der Waals surface area contributed by atoms with Crippen LogP contribution in [0.2, 0.25) is 5.02 Å². The predicted octanol–water partition coefficient (Wildman–Crippen LogP) is 1.89. The Kier molecular flexibility index (Phi) is 4.30. The first-order chi connectivity index (χ1) is 8.63. The molecule has 0 aromatic carbocycles. The molecule has 0 spiro atoms. The van der Waals surface area contributed by atoms with E-state index in [4.69, 9.17) is 11.6 Å². The number of carbonyl (C=O) groups excluding carboxylic acids is 1. The van der Waals surface area contributed by atoms with Crippen molar-refractivity contribution in [2.45, 2.75) is 25.8 Å². The number of aromatic nitrogens is 1. The third-order valence-electron chi connectivity index (χ3n) is 3.39. The highest BCUT2D eigenvalue weighted by Crippen LogP contribution is 2.18. The second-order valence-electron chi connectivity index (χ2n) is 4.80. The van der Waals surface area contributed by atoms with Crippen molar-refractivity contribution < 1.29 is 4.79 Å². The molecule has 18 heavy (non-hydrogen) atoms. The van der Waals surface area contributed by atoms with Gasteiger partial charge in [-0.3, -0.25) is 4.79 Å². The largest absolute Gasteiger partial charge is 0.345 e. The quantitative estimate of drug-likeness (QED) is 0.906. The maximum absolute atomic E-state index is 12.6. The van der Waals surface area contributed by atoms with Gasteiger partial charge >= 0.3 is 0 Å². The van der Waals surface area contributed by atoms with Gasteiger partial charge in [-0.2, -0.15) is 0 Å². The monoisotopic (exact) mass is 269 g/mol. The first-order valence-electron chi connectivity index (χ1n) is 6.47. The molecule has 0 bridgehead atoms. The molecule has 0 aliphatic carbocycles. The minimum absolute atomic E-state index is 0.0833. The van der Waals surface area contributed by atoms with Gasteiger partial charge in [0.2, 0.25) is 0 Å². The highest BCUT2D eigenvalue weighted by molar-refractivity contribution is 6.31. The van der Waals surface area contributed by atoms with Crippen LogP contribution in [0.25, 0.3) is 0 Å². The topological polar surface area (TPSA) is 37.3 Å². The smallest absolute Gasteiger partial charge is 0.270 e. The van der Waals surface area contributed by atoms with Gasteiger partial charge in [-0.1, -0.05) is 18.5 Å². The van der Waals surface area contributed by atoms with Crippen LogP contribution in [0.5, 0.6) is 0 Å². The van der Waals surface area contributed by atoms with Gasteiger partial charge in [0.25, 0.3) is 5.91 Å². The summed E-state index contributed by atoms with van der Waals surface area (Å²) in [6, 6.07) is 2.06. The first kappa shape index (κ1) is 13.4. The Morgan fingerprint density at radius 1 is 1.67 bits per heavy atom. The van der Waals surface area contributed by atoms with E-state index in [0.717, 1.165) is 32.5 Å². The maximum Gasteiger partial charge on any atom is 0.270 e. The Balaban J connectivity index is 2.19. The Labute approximate surface area is 113 Å². The number of amides is 1. The minimum atomic E-state index is 0.0833. The van der Waals surface area contributed by atoms with Gasteiger partial charge in [0.15, 0.2) is 0 Å². The fourth-order valence-corrected chi connectivity index (χ4v) is 2.73. The molecule has 1 amide bonds. The van der Waals surface area contributed by atoms with E-state index in [1.54, 1.807) is 16.8 Å². The lowest BCUT2D eigenvalue weighted by atomic mass is 10.2. The van der Waals surface area contributed by atoms with Gasteiger partial charge in [-0.05, 0) is 25.5 Å². The van der Waals surface area contributed by atoms with E-state index < -0.39 is 0 Å². The fraction of sp³-hybridized carbons (Fsp3) is 0.615. The molecule has 1 N–H and O–H groups in total. The highest BCUT2D eigenvalue weighted by Gasteiger charge is 2.27. The van der Waals surface area contributed by atoms with Crippen molar-refractivity contribution in [3.8, 4) is 0 Å². The first-order valence-corrected chi connectivity index (χ1v) is 6.84. The summed E-state index contributed by atoms with van der Waals surface area (Å²) in [6.07, 6.45) is 3.77. The van der Waals surface area contributed by atoms with E-state index in [9.17, 15) is 4.79 Å². The zero-order valence-electron chi connectivity index (χ0n) is 10.9. The van der Waals surface area contributed by atoms with Crippen molar-refractivity contribution >= 4 is 17.5 Å². The Bertz CT molecular complexity index is 424. The molecule has 0 unspecified atom stereocenters. The van der Waals surface area contributed by atoms with E-state index in [2.05, 4.69) is 12.2 Å². The lowest BCUT2D eigenvalue weighted by molar-refractivity contribution is 0.0682. The van der Waals surface area contributed by atoms with E-state index in [1.165, 1.54) is 0 Å². The molecule has 1 aliphatic heterocycles. The van der Waals surface area contributed by atoms with Crippen molar-refractivity contribution in [3.05, 3.63) is 23.0 Å². The number of hydrogen-bond acceptors (Lipinski definition) is 2. The van der Waals surface area contributed by atoms with Gasteiger partial charge < -0.3 is 14.8 Å². The van der Waals surface area contributed by atoms with Crippen molar-refractivity contribution in [1.29, 1.82) is 0 Å². The molecule has 100 valence electrons. The standard InChI is InChI=1S/C13H20ClN3O/c1-3-6-17(11-4-5-15-8-11)13(18)12-7-10(14)9-16(12)2/h7,9,11,15H,3-6,8H2,1-2H3/t11-/m0/s1. The van der Waals surface area contributed by atoms with Crippen molar-refractivity contribution in [2.75, 3.05) is 19.6 Å². The predicted molar refractivity (Wildman–Crippen MR) is 73.0 cm³/mol. The molecular formula is C13H20ClN3O. The normalized spacial score (nSPS) is 19.2. The lowest BCUT2D eigenvalue weighted by Crippen LogP contribution is -2.42. The van der Waals surface area contributed by atoms with Crippen molar-refractivity contribution in [2.24, 2.45) is 7.05 Å². The number of halogens is 1. The summed E-state index contributed by atoms with van der Waals surface area (Å²) in [5.74, 6) is 0.0833. The third kappa shape index (κ3) is 2.70. The number of nitrogens with zero attached hydrogens (tertiary/aromatic N) is 2. The molecule has 1 fully saturated rings. The molecule has 5 heteroatoms. The summed E-state index contributed by atoms with van der Waals surface area (Å²) in [7, 11) is 1.86. The van der Waals surface area contributed by atoms with Gasteiger partial charge in [0.05, 0.1) is 5.02 Å². The number of aryl methyl sites for hydroxylation is 1. The van der Waals surface area contributed by atoms with Gasteiger partial charge in [0.1, 0.15) is 5.69 Å². The number of carbonyl (C=O) groups is 1. The molecular weight excluding hydrogens is 250 g/mol. The van der Waals surface area contributed by atoms with Crippen LogP contribution in [0.3, 0.4) is 0 Å². The summed E-state index contributed by atoms with van der Waals surface area (Å²) >= 11 is 5.95. The summed E-state index contributed by atoms with van der Waals surface area (Å²) in [5, 5.41) is 3.92. The number of nitrogens with one attached hydrogen (secondary N) is 1. The van der Waals surface area contributed by atoms with E-state index >= 15 is 0 Å². The Morgan fingerprint density at radius 2 is 2.44 bits per heavy atom. The fourth-order valence-electron chi connectivity index (χ4n) is 2.48. The van der Waals surface area contributed by atoms with E-state index in [1.807, 2.05) is 11.9 Å². The Hall–Kier alpha value is -1.00. The molecule has 2 heterocycles. The minimum Gasteiger partial charge on any atom is -0.345 e. The molecule has 1 aromatic rings. The Morgan fingerprint density at radius 3 is 2.94 bits per heavy atom. The summed E-state index contributed by atoms with van der Waals surface area (Å²) in [5.41, 5.74) is 0.667. The van der Waals surface area contributed by atoms with Crippen molar-refractivity contribution in [3.63, 3.8) is 0 Å². The number of hydrogen-bond donors (Lipinski definition) is 1. The van der Waals surface area contributed by atoms with Crippen LogP contribution < -0.4 is 5.32 Å². The maximum atomic E-state index is 12.6. The third-order valence-corrected chi connectivity index (χ3v) is 3.60. The van der Waals surface area contributed by atoms with E-state index in [0.29, 0.717) is 16.8 Å². The average molecular weight is 270 g/mol. The van der Waals surface area contributed by atoms with Crippen LogP contribution in [-0.2, 0) is 7.05 Å². The summed E-state index contributed by atoms with van der Waals surface area (Å²) in [6.45, 7) is 4.78. The molecule has 1 aliphatic rings. The SMILES string of the molecule is CCCN(C(=O)c1cc(Cl)cn1C)[C@H]1CCNC1. The van der Waals surface area contributed by atoms with Crippen LogP contribution >= 0.6 is 11.6 Å². The van der Waals surface area contributed by atoms with Crippen LogP contribution in [0.1, 0.15) is 30.3 Å². The number of rotatable bonds is 4. The second kappa shape index (κ2) is 5.76. The van der Waals surface area contributed by atoms with Crippen LogP contribution in [-0.4, -0.2) is 41.1 Å².